The van der Waals surface area contributed by atoms with Gasteiger partial charge < -0.3 is 15.7 Å². The zero-order valence-electron chi connectivity index (χ0n) is 16.1. The minimum Gasteiger partial charge on any atom is -0.475 e. The third-order valence-corrected chi connectivity index (χ3v) is 5.06. The van der Waals surface area contributed by atoms with Crippen LogP contribution in [-0.4, -0.2) is 35.3 Å². The topological polar surface area (TPSA) is 74.2 Å². The van der Waals surface area contributed by atoms with E-state index in [1.165, 1.54) is 21.9 Å². The molecule has 3 aromatic rings. The van der Waals surface area contributed by atoms with Crippen molar-refractivity contribution in [1.82, 2.24) is 15.6 Å². The Morgan fingerprint density at radius 3 is 2.50 bits per heavy atom. The summed E-state index contributed by atoms with van der Waals surface area (Å²) in [6, 6.07) is 19.5. The summed E-state index contributed by atoms with van der Waals surface area (Å²) in [5, 5.41) is 16.9. The number of carbonyl (C=O) groups is 1. The number of rotatable bonds is 4. The molecule has 2 aromatic carbocycles. The molecular weight excluding hydrogens is 395 g/mol. The molecule has 8 heteroatoms. The lowest BCUT2D eigenvalue weighted by molar-refractivity contribution is -0.192. The van der Waals surface area contributed by atoms with E-state index in [0.29, 0.717) is 0 Å². The lowest BCUT2D eigenvalue weighted by Gasteiger charge is -2.30. The molecule has 0 spiro atoms. The highest BCUT2D eigenvalue weighted by atomic mass is 19.4. The lowest BCUT2D eigenvalue weighted by atomic mass is 9.88. The molecule has 1 aliphatic heterocycles. The number of aliphatic carboxylic acids is 1. The molecule has 1 aliphatic rings. The van der Waals surface area contributed by atoms with Crippen LogP contribution >= 0.6 is 0 Å². The smallest absolute Gasteiger partial charge is 0.475 e. The summed E-state index contributed by atoms with van der Waals surface area (Å²) >= 11 is 0. The third-order valence-electron chi connectivity index (χ3n) is 5.06. The van der Waals surface area contributed by atoms with Crippen molar-refractivity contribution in [3.05, 3.63) is 78.1 Å². The first kappa shape index (κ1) is 21.7. The van der Waals surface area contributed by atoms with E-state index in [1.54, 1.807) is 0 Å². The maximum Gasteiger partial charge on any atom is 0.490 e. The van der Waals surface area contributed by atoms with E-state index >= 15 is 0 Å². The van der Waals surface area contributed by atoms with E-state index in [4.69, 9.17) is 9.90 Å². The highest BCUT2D eigenvalue weighted by Gasteiger charge is 2.38. The molecule has 158 valence electrons. The van der Waals surface area contributed by atoms with Crippen molar-refractivity contribution in [2.45, 2.75) is 24.7 Å². The molecule has 1 aromatic heterocycles. The first-order valence-corrected chi connectivity index (χ1v) is 9.44. The minimum atomic E-state index is -5.08. The molecule has 1 fully saturated rings. The Morgan fingerprint density at radius 2 is 1.87 bits per heavy atom. The lowest BCUT2D eigenvalue weighted by Crippen LogP contribution is -2.43. The maximum atomic E-state index is 10.6. The molecule has 5 nitrogen and oxygen atoms in total. The molecule has 4 rings (SSSR count). The Bertz CT molecular complexity index is 988. The van der Waals surface area contributed by atoms with Crippen LogP contribution in [0, 0.1) is 0 Å². The van der Waals surface area contributed by atoms with E-state index in [1.807, 2.05) is 12.4 Å². The van der Waals surface area contributed by atoms with Crippen molar-refractivity contribution in [2.24, 2.45) is 0 Å². The quantitative estimate of drug-likeness (QED) is 0.602. The van der Waals surface area contributed by atoms with Gasteiger partial charge in [0, 0.05) is 30.9 Å². The summed E-state index contributed by atoms with van der Waals surface area (Å²) in [5.74, 6) is -2.76. The SMILES string of the molecule is O=C(O)C(F)(F)F.c1ccc(C2(NCc3ccc4cnccc4c3)CCNC2)cc1. The van der Waals surface area contributed by atoms with Gasteiger partial charge in [-0.05, 0) is 41.6 Å². The van der Waals surface area contributed by atoms with Crippen LogP contribution in [0.5, 0.6) is 0 Å². The first-order valence-electron chi connectivity index (χ1n) is 9.44. The Balaban J connectivity index is 0.000000318. The van der Waals surface area contributed by atoms with Gasteiger partial charge in [0.25, 0.3) is 0 Å². The van der Waals surface area contributed by atoms with Crippen molar-refractivity contribution in [2.75, 3.05) is 13.1 Å². The van der Waals surface area contributed by atoms with Crippen molar-refractivity contribution < 1.29 is 23.1 Å². The predicted molar refractivity (Wildman–Crippen MR) is 108 cm³/mol. The number of hydrogen-bond acceptors (Lipinski definition) is 4. The van der Waals surface area contributed by atoms with Crippen LogP contribution in [0.2, 0.25) is 0 Å². The van der Waals surface area contributed by atoms with Crippen LogP contribution in [0.25, 0.3) is 10.8 Å². The van der Waals surface area contributed by atoms with Crippen molar-refractivity contribution >= 4 is 16.7 Å². The summed E-state index contributed by atoms with van der Waals surface area (Å²) in [5.41, 5.74) is 2.72. The van der Waals surface area contributed by atoms with Crippen LogP contribution in [0.4, 0.5) is 13.2 Å². The van der Waals surface area contributed by atoms with Crippen LogP contribution in [0.15, 0.2) is 67.0 Å². The summed E-state index contributed by atoms with van der Waals surface area (Å²) in [7, 11) is 0. The normalized spacial score (nSPS) is 18.6. The van der Waals surface area contributed by atoms with Gasteiger partial charge in [0.05, 0.1) is 5.54 Å². The number of nitrogens with zero attached hydrogens (tertiary/aromatic N) is 1. The summed E-state index contributed by atoms with van der Waals surface area (Å²) in [6.07, 6.45) is -0.195. The monoisotopic (exact) mass is 417 g/mol. The summed E-state index contributed by atoms with van der Waals surface area (Å²) in [6.45, 7) is 2.91. The van der Waals surface area contributed by atoms with Gasteiger partial charge in [0.15, 0.2) is 0 Å². The zero-order chi connectivity index (χ0) is 21.6. The number of benzene rings is 2. The molecule has 0 amide bonds. The van der Waals surface area contributed by atoms with Crippen molar-refractivity contribution in [3.8, 4) is 0 Å². The molecule has 0 bridgehead atoms. The number of fused-ring (bicyclic) bond motifs is 1. The Labute approximate surface area is 171 Å². The molecule has 1 unspecified atom stereocenters. The van der Waals surface area contributed by atoms with Crippen LogP contribution in [0.1, 0.15) is 17.5 Å². The standard InChI is InChI=1S/C20H21N3.C2HF3O2/c1-2-4-19(5-3-1)20(9-11-22-15-20)23-13-16-6-7-18-14-21-10-8-17(18)12-16;3-2(4,5)1(6)7/h1-8,10,12,14,22-23H,9,11,13,15H2;(H,6,7). The van der Waals surface area contributed by atoms with Gasteiger partial charge in [-0.25, -0.2) is 4.79 Å². The maximum absolute atomic E-state index is 10.6. The van der Waals surface area contributed by atoms with Gasteiger partial charge >= 0.3 is 12.1 Å². The van der Waals surface area contributed by atoms with E-state index < -0.39 is 12.1 Å². The Hall–Kier alpha value is -2.97. The van der Waals surface area contributed by atoms with E-state index in [2.05, 4.69) is 70.2 Å². The number of hydrogen-bond donors (Lipinski definition) is 3. The van der Waals surface area contributed by atoms with Crippen LogP contribution < -0.4 is 10.6 Å². The van der Waals surface area contributed by atoms with Gasteiger partial charge in [-0.1, -0.05) is 42.5 Å². The third kappa shape index (κ3) is 5.34. The highest BCUT2D eigenvalue weighted by molar-refractivity contribution is 5.82. The predicted octanol–water partition coefficient (Wildman–Crippen LogP) is 3.85. The number of alkyl halides is 3. The van der Waals surface area contributed by atoms with Gasteiger partial charge in [0.2, 0.25) is 0 Å². The fraction of sp³-hybridized carbons (Fsp3) is 0.273. The summed E-state index contributed by atoms with van der Waals surface area (Å²) < 4.78 is 31.7. The van der Waals surface area contributed by atoms with Gasteiger partial charge in [-0.3, -0.25) is 4.98 Å². The molecule has 0 radical (unpaired) electrons. The zero-order valence-corrected chi connectivity index (χ0v) is 16.1. The number of carboxylic acid groups (broad SMARTS) is 1. The summed E-state index contributed by atoms with van der Waals surface area (Å²) in [4.78, 5) is 13.1. The second-order valence-corrected chi connectivity index (χ2v) is 7.09. The van der Waals surface area contributed by atoms with E-state index in [9.17, 15) is 13.2 Å². The molecule has 3 N–H and O–H groups in total. The Morgan fingerprint density at radius 1 is 1.13 bits per heavy atom. The second-order valence-electron chi connectivity index (χ2n) is 7.09. The largest absolute Gasteiger partial charge is 0.490 e. The van der Waals surface area contributed by atoms with Gasteiger partial charge in [-0.2, -0.15) is 13.2 Å². The molecule has 0 aliphatic carbocycles. The number of pyridine rings is 1. The van der Waals surface area contributed by atoms with E-state index in [-0.39, 0.29) is 5.54 Å². The number of aromatic nitrogens is 1. The fourth-order valence-electron chi connectivity index (χ4n) is 3.46. The number of nitrogens with one attached hydrogen (secondary N) is 2. The van der Waals surface area contributed by atoms with Crippen molar-refractivity contribution in [3.63, 3.8) is 0 Å². The molecule has 30 heavy (non-hydrogen) atoms. The van der Waals surface area contributed by atoms with Gasteiger partial charge in [0.1, 0.15) is 0 Å². The average Bonchev–Trinajstić information content (AvgIpc) is 3.23. The molecule has 2 heterocycles. The van der Waals surface area contributed by atoms with Crippen LogP contribution in [0.3, 0.4) is 0 Å². The average molecular weight is 417 g/mol. The minimum absolute atomic E-state index is 0.0362. The van der Waals surface area contributed by atoms with Gasteiger partial charge in [-0.15, -0.1) is 0 Å². The Kier molecular flexibility index (Phi) is 6.69. The number of halogens is 3. The highest BCUT2D eigenvalue weighted by Crippen LogP contribution is 2.28. The van der Waals surface area contributed by atoms with Crippen LogP contribution in [-0.2, 0) is 16.9 Å². The molecule has 0 saturated carbocycles. The first-order chi connectivity index (χ1) is 14.3. The second kappa shape index (κ2) is 9.23. The molecule has 1 atom stereocenters. The fourth-order valence-corrected chi connectivity index (χ4v) is 3.46. The molecule has 1 saturated heterocycles. The van der Waals surface area contributed by atoms with Crippen molar-refractivity contribution in [1.29, 1.82) is 0 Å². The molecular formula is C22H22F3N3O2. The van der Waals surface area contributed by atoms with E-state index in [0.717, 1.165) is 26.1 Å². The number of carboxylic acids is 1.